The Morgan fingerprint density at radius 1 is 1.19 bits per heavy atom. The van der Waals surface area contributed by atoms with Gasteiger partial charge in [-0.3, -0.25) is 4.79 Å². The molecule has 0 aliphatic heterocycles. The van der Waals surface area contributed by atoms with Crippen molar-refractivity contribution in [3.05, 3.63) is 0 Å². The van der Waals surface area contributed by atoms with Crippen LogP contribution in [0.1, 0.15) is 59.3 Å². The Labute approximate surface area is 100 Å². The van der Waals surface area contributed by atoms with E-state index in [1.165, 1.54) is 0 Å². The molecule has 0 aromatic carbocycles. The van der Waals surface area contributed by atoms with Crippen LogP contribution >= 0.6 is 0 Å². The van der Waals surface area contributed by atoms with Crippen LogP contribution < -0.4 is 11.1 Å². The number of nitrogens with one attached hydrogen (secondary N) is 1. The number of carbonyl (C=O) groups excluding carboxylic acids is 1. The zero-order chi connectivity index (χ0) is 12.4. The van der Waals surface area contributed by atoms with Crippen molar-refractivity contribution in [2.45, 2.75) is 59.3 Å². The minimum atomic E-state index is 0.189. The van der Waals surface area contributed by atoms with E-state index in [0.717, 1.165) is 45.2 Å². The van der Waals surface area contributed by atoms with Crippen LogP contribution in [0.3, 0.4) is 0 Å². The highest BCUT2D eigenvalue weighted by molar-refractivity contribution is 5.75. The van der Waals surface area contributed by atoms with Crippen LogP contribution in [0.2, 0.25) is 0 Å². The molecular formula is C13H28N2O. The molecule has 0 unspecified atom stereocenters. The van der Waals surface area contributed by atoms with Crippen molar-refractivity contribution in [2.24, 2.45) is 11.1 Å². The predicted molar refractivity (Wildman–Crippen MR) is 69.2 cm³/mol. The largest absolute Gasteiger partial charge is 0.356 e. The van der Waals surface area contributed by atoms with Gasteiger partial charge in [0.05, 0.1) is 0 Å². The average Bonchev–Trinajstić information content (AvgIpc) is 2.26. The molecule has 0 aromatic heterocycles. The van der Waals surface area contributed by atoms with Crippen molar-refractivity contribution in [3.8, 4) is 0 Å². The van der Waals surface area contributed by atoms with Crippen molar-refractivity contribution >= 4 is 5.91 Å². The lowest BCUT2D eigenvalue weighted by Crippen LogP contribution is -2.33. The Hall–Kier alpha value is -0.570. The topological polar surface area (TPSA) is 55.1 Å². The van der Waals surface area contributed by atoms with E-state index >= 15 is 0 Å². The molecule has 0 fully saturated rings. The molecule has 16 heavy (non-hydrogen) atoms. The lowest BCUT2D eigenvalue weighted by Gasteiger charge is -2.22. The molecule has 0 spiro atoms. The number of amides is 1. The van der Waals surface area contributed by atoms with Gasteiger partial charge in [0.15, 0.2) is 0 Å². The summed E-state index contributed by atoms with van der Waals surface area (Å²) in [5.41, 5.74) is 5.62. The third-order valence-corrected chi connectivity index (χ3v) is 3.08. The van der Waals surface area contributed by atoms with Gasteiger partial charge in [-0.05, 0) is 31.2 Å². The molecule has 0 bridgehead atoms. The lowest BCUT2D eigenvalue weighted by molar-refractivity contribution is -0.121. The first kappa shape index (κ1) is 15.4. The van der Waals surface area contributed by atoms with E-state index in [-0.39, 0.29) is 11.3 Å². The van der Waals surface area contributed by atoms with Crippen molar-refractivity contribution in [1.29, 1.82) is 0 Å². The van der Waals surface area contributed by atoms with Crippen LogP contribution in [0.5, 0.6) is 0 Å². The van der Waals surface area contributed by atoms with Gasteiger partial charge in [-0.2, -0.15) is 0 Å². The predicted octanol–water partition coefficient (Wildman–Crippen LogP) is 2.45. The summed E-state index contributed by atoms with van der Waals surface area (Å²) in [6.45, 7) is 8.05. The van der Waals surface area contributed by atoms with Gasteiger partial charge in [0.25, 0.3) is 0 Å². The summed E-state index contributed by atoms with van der Waals surface area (Å²) >= 11 is 0. The zero-order valence-corrected chi connectivity index (χ0v) is 11.1. The fourth-order valence-corrected chi connectivity index (χ4v) is 1.33. The maximum atomic E-state index is 11.5. The Morgan fingerprint density at radius 3 is 2.38 bits per heavy atom. The molecule has 0 rings (SSSR count). The molecule has 0 saturated heterocycles. The highest BCUT2D eigenvalue weighted by atomic mass is 16.1. The van der Waals surface area contributed by atoms with Crippen LogP contribution in [0.25, 0.3) is 0 Å². The maximum absolute atomic E-state index is 11.5. The molecule has 0 saturated carbocycles. The quantitative estimate of drug-likeness (QED) is 0.596. The molecule has 3 nitrogen and oxygen atoms in total. The third kappa shape index (κ3) is 8.72. The van der Waals surface area contributed by atoms with E-state index in [1.807, 2.05) is 0 Å². The smallest absolute Gasteiger partial charge is 0.220 e. The SMILES string of the molecule is CCC(C)(C)CNC(=O)CCCCCCN. The molecule has 3 N–H and O–H groups in total. The van der Waals surface area contributed by atoms with Crippen LogP contribution in [0.15, 0.2) is 0 Å². The monoisotopic (exact) mass is 228 g/mol. The number of nitrogens with two attached hydrogens (primary N) is 1. The van der Waals surface area contributed by atoms with E-state index in [4.69, 9.17) is 5.73 Å². The van der Waals surface area contributed by atoms with Gasteiger partial charge in [0.2, 0.25) is 5.91 Å². The first-order chi connectivity index (χ1) is 7.52. The molecule has 0 heterocycles. The zero-order valence-electron chi connectivity index (χ0n) is 11.1. The van der Waals surface area contributed by atoms with Crippen LogP contribution in [0.4, 0.5) is 0 Å². The highest BCUT2D eigenvalue weighted by Crippen LogP contribution is 2.17. The summed E-state index contributed by atoms with van der Waals surface area (Å²) in [7, 11) is 0. The first-order valence-electron chi connectivity index (χ1n) is 6.48. The minimum absolute atomic E-state index is 0.189. The molecule has 0 aliphatic rings. The first-order valence-corrected chi connectivity index (χ1v) is 6.48. The van der Waals surface area contributed by atoms with Gasteiger partial charge in [0.1, 0.15) is 0 Å². The molecule has 3 heteroatoms. The number of rotatable bonds is 9. The molecule has 96 valence electrons. The fourth-order valence-electron chi connectivity index (χ4n) is 1.33. The summed E-state index contributed by atoms with van der Waals surface area (Å²) in [5, 5.41) is 3.00. The van der Waals surface area contributed by atoms with Crippen LogP contribution in [0, 0.1) is 5.41 Å². The maximum Gasteiger partial charge on any atom is 0.220 e. The normalized spacial score (nSPS) is 11.5. The van der Waals surface area contributed by atoms with Crippen molar-refractivity contribution in [1.82, 2.24) is 5.32 Å². The summed E-state index contributed by atoms with van der Waals surface area (Å²) in [5.74, 6) is 0.189. The van der Waals surface area contributed by atoms with Crippen LogP contribution in [-0.4, -0.2) is 19.0 Å². The Kier molecular flexibility index (Phi) is 8.26. The highest BCUT2D eigenvalue weighted by Gasteiger charge is 2.15. The summed E-state index contributed by atoms with van der Waals surface area (Å²) in [4.78, 5) is 11.5. The fraction of sp³-hybridized carbons (Fsp3) is 0.923. The Morgan fingerprint density at radius 2 is 1.81 bits per heavy atom. The summed E-state index contributed by atoms with van der Waals surface area (Å²) in [6, 6.07) is 0. The standard InChI is InChI=1S/C13H28N2O/c1-4-13(2,3)11-15-12(16)9-7-5-6-8-10-14/h4-11,14H2,1-3H3,(H,15,16). The van der Waals surface area contributed by atoms with Gasteiger partial charge in [-0.15, -0.1) is 0 Å². The third-order valence-electron chi connectivity index (χ3n) is 3.08. The minimum Gasteiger partial charge on any atom is -0.356 e. The van der Waals surface area contributed by atoms with Gasteiger partial charge < -0.3 is 11.1 Å². The van der Waals surface area contributed by atoms with Gasteiger partial charge >= 0.3 is 0 Å². The van der Waals surface area contributed by atoms with E-state index < -0.39 is 0 Å². The number of carbonyl (C=O) groups is 1. The second-order valence-corrected chi connectivity index (χ2v) is 5.25. The Balaban J connectivity index is 3.45. The molecule has 1 amide bonds. The summed E-state index contributed by atoms with van der Waals surface area (Å²) < 4.78 is 0. The van der Waals surface area contributed by atoms with Crippen LogP contribution in [-0.2, 0) is 4.79 Å². The van der Waals surface area contributed by atoms with Crippen molar-refractivity contribution in [3.63, 3.8) is 0 Å². The number of hydrogen-bond acceptors (Lipinski definition) is 2. The van der Waals surface area contributed by atoms with Gasteiger partial charge in [0, 0.05) is 13.0 Å². The van der Waals surface area contributed by atoms with E-state index in [9.17, 15) is 4.79 Å². The summed E-state index contributed by atoms with van der Waals surface area (Å²) in [6.07, 6.45) is 6.06. The van der Waals surface area contributed by atoms with E-state index in [1.54, 1.807) is 0 Å². The van der Waals surface area contributed by atoms with E-state index in [0.29, 0.717) is 6.42 Å². The molecule has 0 atom stereocenters. The van der Waals surface area contributed by atoms with Gasteiger partial charge in [-0.1, -0.05) is 33.6 Å². The van der Waals surface area contributed by atoms with E-state index in [2.05, 4.69) is 26.1 Å². The number of unbranched alkanes of at least 4 members (excludes halogenated alkanes) is 3. The molecule has 0 aliphatic carbocycles. The van der Waals surface area contributed by atoms with Gasteiger partial charge in [-0.25, -0.2) is 0 Å². The molecular weight excluding hydrogens is 200 g/mol. The van der Waals surface area contributed by atoms with Crippen molar-refractivity contribution in [2.75, 3.05) is 13.1 Å². The molecule has 0 aromatic rings. The Bertz CT molecular complexity index is 190. The average molecular weight is 228 g/mol. The lowest BCUT2D eigenvalue weighted by atomic mass is 9.90. The second kappa shape index (κ2) is 8.57. The number of hydrogen-bond donors (Lipinski definition) is 2. The van der Waals surface area contributed by atoms with Crippen molar-refractivity contribution < 1.29 is 4.79 Å². The molecule has 0 radical (unpaired) electrons. The second-order valence-electron chi connectivity index (χ2n) is 5.25.